The number of hydrogen-bond donors (Lipinski definition) is 1. The number of carbonyl (C=O) groups is 2. The van der Waals surface area contributed by atoms with Crippen LogP contribution in [0.25, 0.3) is 0 Å². The summed E-state index contributed by atoms with van der Waals surface area (Å²) in [6, 6.07) is 12.2. The number of halogens is 1. The summed E-state index contributed by atoms with van der Waals surface area (Å²) in [6.07, 6.45) is 0. The average molecular weight is 378 g/mol. The molecule has 0 radical (unpaired) electrons. The van der Waals surface area contributed by atoms with Crippen LogP contribution in [0.3, 0.4) is 0 Å². The van der Waals surface area contributed by atoms with Crippen LogP contribution in [0.1, 0.15) is 15.9 Å². The molecule has 0 aliphatic heterocycles. The molecule has 0 spiro atoms. The van der Waals surface area contributed by atoms with Crippen LogP contribution in [0.4, 0.5) is 5.69 Å². The third-order valence-electron chi connectivity index (χ3n) is 3.12. The van der Waals surface area contributed by atoms with E-state index in [0.717, 1.165) is 10.0 Å². The lowest BCUT2D eigenvalue weighted by atomic mass is 10.1. The Balaban J connectivity index is 1.99. The molecule has 0 heterocycles. The van der Waals surface area contributed by atoms with E-state index in [1.807, 2.05) is 19.1 Å². The SMILES string of the molecule is COC(=O)c1ccc(C)c(NC(=O)COc2ccc(Br)cc2)c1. The topological polar surface area (TPSA) is 64.6 Å². The fourth-order valence-electron chi connectivity index (χ4n) is 1.87. The van der Waals surface area contributed by atoms with Crippen LogP contribution >= 0.6 is 15.9 Å². The summed E-state index contributed by atoms with van der Waals surface area (Å²) >= 11 is 3.33. The predicted molar refractivity (Wildman–Crippen MR) is 90.8 cm³/mol. The van der Waals surface area contributed by atoms with Crippen molar-refractivity contribution in [3.63, 3.8) is 0 Å². The van der Waals surface area contributed by atoms with E-state index in [-0.39, 0.29) is 12.5 Å². The molecule has 0 saturated carbocycles. The number of aryl methyl sites for hydroxylation is 1. The summed E-state index contributed by atoms with van der Waals surface area (Å²) in [4.78, 5) is 23.5. The maximum absolute atomic E-state index is 12.0. The molecular formula is C17H16BrNO4. The van der Waals surface area contributed by atoms with Crippen molar-refractivity contribution in [1.29, 1.82) is 0 Å². The fraction of sp³-hybridized carbons (Fsp3) is 0.176. The molecule has 23 heavy (non-hydrogen) atoms. The standard InChI is InChI=1S/C17H16BrNO4/c1-11-3-4-12(17(21)22-2)9-15(11)19-16(20)10-23-14-7-5-13(18)6-8-14/h3-9H,10H2,1-2H3,(H,19,20). The number of hydrogen-bond acceptors (Lipinski definition) is 4. The first kappa shape index (κ1) is 17.0. The van der Waals surface area contributed by atoms with E-state index in [1.165, 1.54) is 7.11 Å². The maximum Gasteiger partial charge on any atom is 0.337 e. The monoisotopic (exact) mass is 377 g/mol. The first-order chi connectivity index (χ1) is 11.0. The van der Waals surface area contributed by atoms with Crippen molar-refractivity contribution in [2.75, 3.05) is 19.0 Å². The number of esters is 1. The van der Waals surface area contributed by atoms with E-state index in [9.17, 15) is 9.59 Å². The molecular weight excluding hydrogens is 362 g/mol. The van der Waals surface area contributed by atoms with Crippen LogP contribution in [-0.2, 0) is 9.53 Å². The van der Waals surface area contributed by atoms with Crippen LogP contribution in [-0.4, -0.2) is 25.6 Å². The second-order valence-electron chi connectivity index (χ2n) is 4.81. The molecule has 6 heteroatoms. The third kappa shape index (κ3) is 4.82. The molecule has 2 rings (SSSR count). The van der Waals surface area contributed by atoms with Gasteiger partial charge in [0.1, 0.15) is 5.75 Å². The van der Waals surface area contributed by atoms with Crippen molar-refractivity contribution in [1.82, 2.24) is 0 Å². The molecule has 0 fully saturated rings. The van der Waals surface area contributed by atoms with Crippen LogP contribution in [0.5, 0.6) is 5.75 Å². The first-order valence-electron chi connectivity index (χ1n) is 6.87. The van der Waals surface area contributed by atoms with Crippen molar-refractivity contribution in [3.05, 3.63) is 58.1 Å². The van der Waals surface area contributed by atoms with Gasteiger partial charge in [-0.25, -0.2) is 4.79 Å². The normalized spacial score (nSPS) is 10.0. The number of anilines is 1. The Morgan fingerprint density at radius 3 is 2.48 bits per heavy atom. The highest BCUT2D eigenvalue weighted by atomic mass is 79.9. The van der Waals surface area contributed by atoms with Crippen molar-refractivity contribution in [3.8, 4) is 5.75 Å². The molecule has 5 nitrogen and oxygen atoms in total. The number of methoxy groups -OCH3 is 1. The molecule has 2 aromatic rings. The molecule has 1 amide bonds. The molecule has 0 atom stereocenters. The van der Waals surface area contributed by atoms with Crippen LogP contribution < -0.4 is 10.1 Å². The van der Waals surface area contributed by atoms with Gasteiger partial charge in [-0.1, -0.05) is 22.0 Å². The zero-order valence-electron chi connectivity index (χ0n) is 12.8. The quantitative estimate of drug-likeness (QED) is 0.809. The van der Waals surface area contributed by atoms with E-state index in [1.54, 1.807) is 30.3 Å². The van der Waals surface area contributed by atoms with Gasteiger partial charge in [0, 0.05) is 10.2 Å². The second-order valence-corrected chi connectivity index (χ2v) is 5.73. The summed E-state index contributed by atoms with van der Waals surface area (Å²) in [7, 11) is 1.31. The van der Waals surface area contributed by atoms with Crippen molar-refractivity contribution in [2.45, 2.75) is 6.92 Å². The number of amides is 1. The molecule has 0 bridgehead atoms. The Labute approximate surface area is 142 Å². The van der Waals surface area contributed by atoms with E-state index in [2.05, 4.69) is 26.0 Å². The van der Waals surface area contributed by atoms with Crippen LogP contribution in [0, 0.1) is 6.92 Å². The Morgan fingerprint density at radius 1 is 1.13 bits per heavy atom. The Kier molecular flexibility index (Phi) is 5.76. The van der Waals surface area contributed by atoms with Gasteiger partial charge in [0.15, 0.2) is 6.61 Å². The molecule has 0 aliphatic carbocycles. The molecule has 120 valence electrons. The van der Waals surface area contributed by atoms with Gasteiger partial charge >= 0.3 is 5.97 Å². The molecule has 0 unspecified atom stereocenters. The highest BCUT2D eigenvalue weighted by Crippen LogP contribution is 2.18. The molecule has 0 aromatic heterocycles. The van der Waals surface area contributed by atoms with E-state index >= 15 is 0 Å². The Morgan fingerprint density at radius 2 is 1.83 bits per heavy atom. The van der Waals surface area contributed by atoms with Gasteiger partial charge in [-0.15, -0.1) is 0 Å². The summed E-state index contributed by atoms with van der Waals surface area (Å²) in [5, 5.41) is 2.73. The lowest BCUT2D eigenvalue weighted by Crippen LogP contribution is -2.21. The van der Waals surface area contributed by atoms with Gasteiger partial charge in [0.05, 0.1) is 12.7 Å². The zero-order chi connectivity index (χ0) is 16.8. The van der Waals surface area contributed by atoms with Crippen LogP contribution in [0.15, 0.2) is 46.9 Å². The number of benzene rings is 2. The minimum absolute atomic E-state index is 0.122. The third-order valence-corrected chi connectivity index (χ3v) is 3.64. The summed E-state index contributed by atoms with van der Waals surface area (Å²) in [5.74, 6) is -0.159. The smallest absolute Gasteiger partial charge is 0.337 e. The molecule has 0 saturated heterocycles. The highest BCUT2D eigenvalue weighted by molar-refractivity contribution is 9.10. The minimum atomic E-state index is -0.452. The van der Waals surface area contributed by atoms with Gasteiger partial charge in [-0.05, 0) is 48.9 Å². The number of nitrogens with one attached hydrogen (secondary N) is 1. The van der Waals surface area contributed by atoms with Crippen molar-refractivity contribution >= 4 is 33.5 Å². The number of ether oxygens (including phenoxy) is 2. The van der Waals surface area contributed by atoms with Crippen molar-refractivity contribution in [2.24, 2.45) is 0 Å². The maximum atomic E-state index is 12.0. The average Bonchev–Trinajstić information content (AvgIpc) is 2.55. The lowest BCUT2D eigenvalue weighted by Gasteiger charge is -2.11. The van der Waals surface area contributed by atoms with Gasteiger partial charge < -0.3 is 14.8 Å². The molecule has 1 N–H and O–H groups in total. The number of carbonyl (C=O) groups excluding carboxylic acids is 2. The lowest BCUT2D eigenvalue weighted by molar-refractivity contribution is -0.118. The van der Waals surface area contributed by atoms with Crippen LogP contribution in [0.2, 0.25) is 0 Å². The first-order valence-corrected chi connectivity index (χ1v) is 7.66. The fourth-order valence-corrected chi connectivity index (χ4v) is 2.13. The summed E-state index contributed by atoms with van der Waals surface area (Å²) in [5.41, 5.74) is 1.77. The largest absolute Gasteiger partial charge is 0.484 e. The molecule has 2 aromatic carbocycles. The molecule has 0 aliphatic rings. The zero-order valence-corrected chi connectivity index (χ0v) is 14.3. The van der Waals surface area contributed by atoms with Gasteiger partial charge in [-0.2, -0.15) is 0 Å². The minimum Gasteiger partial charge on any atom is -0.484 e. The second kappa shape index (κ2) is 7.78. The van der Waals surface area contributed by atoms with Gasteiger partial charge in [-0.3, -0.25) is 4.79 Å². The van der Waals surface area contributed by atoms with Crippen molar-refractivity contribution < 1.29 is 19.1 Å². The summed E-state index contributed by atoms with van der Waals surface area (Å²) < 4.78 is 11.0. The van der Waals surface area contributed by atoms with E-state index in [0.29, 0.717) is 17.0 Å². The van der Waals surface area contributed by atoms with E-state index < -0.39 is 5.97 Å². The Hall–Kier alpha value is -2.34. The number of rotatable bonds is 5. The van der Waals surface area contributed by atoms with Gasteiger partial charge in [0.25, 0.3) is 5.91 Å². The van der Waals surface area contributed by atoms with E-state index in [4.69, 9.17) is 4.74 Å². The highest BCUT2D eigenvalue weighted by Gasteiger charge is 2.10. The Bertz CT molecular complexity index is 713. The van der Waals surface area contributed by atoms with Gasteiger partial charge in [0.2, 0.25) is 0 Å². The summed E-state index contributed by atoms with van der Waals surface area (Å²) in [6.45, 7) is 1.72. The predicted octanol–water partition coefficient (Wildman–Crippen LogP) is 3.56.